The first-order valence-electron chi connectivity index (χ1n) is 4.22. The standard InChI is InChI=1S/C8H11NO2.C2H6/c1-4-8(9(10)11)6-5-7(2)3;1-2/h4-6H,2H2,1,3H3;1-2H3/b6-5-,8-4+;. The van der Waals surface area contributed by atoms with Crippen LogP contribution in [0.2, 0.25) is 0 Å². The lowest BCUT2D eigenvalue weighted by Gasteiger charge is -1.88. The lowest BCUT2D eigenvalue weighted by Crippen LogP contribution is -1.93. The number of nitrogens with zero attached hydrogens (tertiary/aromatic N) is 1. The Morgan fingerprint density at radius 3 is 2.08 bits per heavy atom. The average molecular weight is 183 g/mol. The fourth-order valence-electron chi connectivity index (χ4n) is 0.490. The maximum absolute atomic E-state index is 10.2. The van der Waals surface area contributed by atoms with Crippen LogP contribution >= 0.6 is 0 Å². The molecule has 0 fully saturated rings. The van der Waals surface area contributed by atoms with Gasteiger partial charge in [0.25, 0.3) is 5.70 Å². The molecule has 0 aromatic rings. The lowest BCUT2D eigenvalue weighted by atomic mass is 10.3. The minimum absolute atomic E-state index is 0.0907. The highest BCUT2D eigenvalue weighted by molar-refractivity contribution is 5.20. The molecule has 0 aliphatic rings. The van der Waals surface area contributed by atoms with Crippen LogP contribution in [0.3, 0.4) is 0 Å². The van der Waals surface area contributed by atoms with Gasteiger partial charge >= 0.3 is 0 Å². The number of allylic oxidation sites excluding steroid dienone is 4. The third-order valence-electron chi connectivity index (χ3n) is 1.05. The molecule has 0 bridgehead atoms. The highest BCUT2D eigenvalue weighted by Gasteiger charge is 2.01. The van der Waals surface area contributed by atoms with E-state index in [1.807, 2.05) is 13.8 Å². The summed E-state index contributed by atoms with van der Waals surface area (Å²) >= 11 is 0. The molecule has 74 valence electrons. The number of rotatable bonds is 3. The summed E-state index contributed by atoms with van der Waals surface area (Å²) in [6.07, 6.45) is 4.49. The first-order chi connectivity index (χ1) is 6.07. The zero-order valence-electron chi connectivity index (χ0n) is 8.70. The topological polar surface area (TPSA) is 43.1 Å². The predicted octanol–water partition coefficient (Wildman–Crippen LogP) is 3.33. The highest BCUT2D eigenvalue weighted by atomic mass is 16.6. The van der Waals surface area contributed by atoms with Crippen molar-refractivity contribution in [1.82, 2.24) is 0 Å². The van der Waals surface area contributed by atoms with Crippen molar-refractivity contribution in [2.45, 2.75) is 27.7 Å². The summed E-state index contributed by atoms with van der Waals surface area (Å²) in [5.41, 5.74) is 0.888. The second-order valence-corrected chi connectivity index (χ2v) is 2.15. The van der Waals surface area contributed by atoms with Gasteiger partial charge in [-0.05, 0) is 19.9 Å². The van der Waals surface area contributed by atoms with E-state index >= 15 is 0 Å². The van der Waals surface area contributed by atoms with Gasteiger partial charge in [-0.3, -0.25) is 10.1 Å². The molecule has 0 amide bonds. The van der Waals surface area contributed by atoms with Gasteiger partial charge in [0.2, 0.25) is 0 Å². The Morgan fingerprint density at radius 2 is 1.85 bits per heavy atom. The molecule has 0 aromatic carbocycles. The van der Waals surface area contributed by atoms with Crippen molar-refractivity contribution in [3.63, 3.8) is 0 Å². The van der Waals surface area contributed by atoms with Crippen LogP contribution in [-0.2, 0) is 0 Å². The maximum Gasteiger partial charge on any atom is 0.265 e. The van der Waals surface area contributed by atoms with E-state index in [-0.39, 0.29) is 5.70 Å². The minimum atomic E-state index is -0.431. The summed E-state index contributed by atoms with van der Waals surface area (Å²) in [6.45, 7) is 11.0. The van der Waals surface area contributed by atoms with Crippen LogP contribution in [0.25, 0.3) is 0 Å². The van der Waals surface area contributed by atoms with Crippen LogP contribution in [0.1, 0.15) is 27.7 Å². The van der Waals surface area contributed by atoms with Crippen molar-refractivity contribution in [2.24, 2.45) is 0 Å². The molecular formula is C10H17NO2. The zero-order chi connectivity index (χ0) is 10.9. The third kappa shape index (κ3) is 8.53. The Labute approximate surface area is 79.6 Å². The fraction of sp³-hybridized carbons (Fsp3) is 0.400. The van der Waals surface area contributed by atoms with Crippen LogP contribution in [-0.4, -0.2) is 4.92 Å². The van der Waals surface area contributed by atoms with E-state index in [9.17, 15) is 10.1 Å². The Kier molecular flexibility index (Phi) is 9.49. The molecule has 0 heterocycles. The molecule has 0 atom stereocenters. The Morgan fingerprint density at radius 1 is 1.38 bits per heavy atom. The smallest absolute Gasteiger partial charge is 0.258 e. The van der Waals surface area contributed by atoms with Crippen molar-refractivity contribution in [3.05, 3.63) is 46.2 Å². The normalized spacial score (nSPS) is 10.6. The molecule has 0 N–H and O–H groups in total. The van der Waals surface area contributed by atoms with E-state index in [1.54, 1.807) is 19.9 Å². The van der Waals surface area contributed by atoms with Crippen LogP contribution in [0.5, 0.6) is 0 Å². The Hall–Kier alpha value is -1.38. The quantitative estimate of drug-likeness (QED) is 0.382. The Balaban J connectivity index is 0. The molecule has 0 radical (unpaired) electrons. The SMILES string of the molecule is C=C(C)/C=C\C(=C/C)[N+](=O)[O-].CC. The van der Waals surface area contributed by atoms with Crippen LogP contribution in [0, 0.1) is 10.1 Å². The fourth-order valence-corrected chi connectivity index (χ4v) is 0.490. The van der Waals surface area contributed by atoms with Gasteiger partial charge < -0.3 is 0 Å². The van der Waals surface area contributed by atoms with Crippen LogP contribution in [0.15, 0.2) is 36.1 Å². The van der Waals surface area contributed by atoms with Gasteiger partial charge in [-0.25, -0.2) is 0 Å². The molecule has 0 unspecified atom stereocenters. The van der Waals surface area contributed by atoms with Gasteiger partial charge in [0.15, 0.2) is 0 Å². The molecule has 0 rings (SSSR count). The lowest BCUT2D eigenvalue weighted by molar-refractivity contribution is -0.419. The number of hydrogen-bond donors (Lipinski definition) is 0. The highest BCUT2D eigenvalue weighted by Crippen LogP contribution is 1.99. The van der Waals surface area contributed by atoms with Crippen molar-refractivity contribution < 1.29 is 4.92 Å². The van der Waals surface area contributed by atoms with Crippen LogP contribution < -0.4 is 0 Å². The van der Waals surface area contributed by atoms with Gasteiger partial charge in [-0.1, -0.05) is 32.1 Å². The molecule has 0 spiro atoms. The molecule has 0 saturated heterocycles. The van der Waals surface area contributed by atoms with E-state index in [0.717, 1.165) is 5.57 Å². The predicted molar refractivity (Wildman–Crippen MR) is 56.1 cm³/mol. The van der Waals surface area contributed by atoms with Crippen LogP contribution in [0.4, 0.5) is 0 Å². The monoisotopic (exact) mass is 183 g/mol. The summed E-state index contributed by atoms with van der Waals surface area (Å²) in [6, 6.07) is 0. The second-order valence-electron chi connectivity index (χ2n) is 2.15. The largest absolute Gasteiger partial charge is 0.265 e. The molecule has 0 aliphatic carbocycles. The van der Waals surface area contributed by atoms with Crippen molar-refractivity contribution in [2.75, 3.05) is 0 Å². The van der Waals surface area contributed by atoms with E-state index in [4.69, 9.17) is 0 Å². The van der Waals surface area contributed by atoms with Gasteiger partial charge in [-0.2, -0.15) is 0 Å². The molecule has 0 aliphatic heterocycles. The molecule has 3 nitrogen and oxygen atoms in total. The van der Waals surface area contributed by atoms with Gasteiger partial charge in [0, 0.05) is 6.08 Å². The maximum atomic E-state index is 10.2. The van der Waals surface area contributed by atoms with Gasteiger partial charge in [0.05, 0.1) is 4.92 Å². The zero-order valence-corrected chi connectivity index (χ0v) is 8.70. The summed E-state index contributed by atoms with van der Waals surface area (Å²) < 4.78 is 0. The molecular weight excluding hydrogens is 166 g/mol. The van der Waals surface area contributed by atoms with Gasteiger partial charge in [-0.15, -0.1) is 0 Å². The van der Waals surface area contributed by atoms with Crippen molar-refractivity contribution >= 4 is 0 Å². The van der Waals surface area contributed by atoms with Crippen molar-refractivity contribution in [1.29, 1.82) is 0 Å². The number of nitro groups is 1. The van der Waals surface area contributed by atoms with Crippen molar-refractivity contribution in [3.8, 4) is 0 Å². The van der Waals surface area contributed by atoms with E-state index < -0.39 is 4.92 Å². The molecule has 3 heteroatoms. The van der Waals surface area contributed by atoms with Gasteiger partial charge in [0.1, 0.15) is 0 Å². The first-order valence-corrected chi connectivity index (χ1v) is 4.22. The molecule has 0 saturated carbocycles. The third-order valence-corrected chi connectivity index (χ3v) is 1.05. The van der Waals surface area contributed by atoms with E-state index in [1.165, 1.54) is 12.2 Å². The summed E-state index contributed by atoms with van der Waals surface area (Å²) in [7, 11) is 0. The second kappa shape index (κ2) is 8.71. The van der Waals surface area contributed by atoms with E-state index in [2.05, 4.69) is 6.58 Å². The summed E-state index contributed by atoms with van der Waals surface area (Å²) in [5.74, 6) is 0. The first kappa shape index (κ1) is 14.2. The average Bonchev–Trinajstić information content (AvgIpc) is 2.08. The molecule has 0 aromatic heterocycles. The minimum Gasteiger partial charge on any atom is -0.258 e. The number of hydrogen-bond acceptors (Lipinski definition) is 2. The van der Waals surface area contributed by atoms with E-state index in [0.29, 0.717) is 0 Å². The molecule has 13 heavy (non-hydrogen) atoms. The Bertz CT molecular complexity index is 227. The summed E-state index contributed by atoms with van der Waals surface area (Å²) in [5, 5.41) is 10.2. The summed E-state index contributed by atoms with van der Waals surface area (Å²) in [4.78, 5) is 9.77.